The average Bonchev–Trinajstić information content (AvgIpc) is 2.43. The zero-order valence-corrected chi connectivity index (χ0v) is 14.5. The summed E-state index contributed by atoms with van der Waals surface area (Å²) in [5, 5.41) is 0. The largest absolute Gasteiger partial charge is 0.379 e. The summed E-state index contributed by atoms with van der Waals surface area (Å²) in [4.78, 5) is 38.3. The summed E-state index contributed by atoms with van der Waals surface area (Å²) in [5.41, 5.74) is 4.82. The molecule has 0 radical (unpaired) electrons. The van der Waals surface area contributed by atoms with Gasteiger partial charge in [-0.25, -0.2) is 0 Å². The van der Waals surface area contributed by atoms with Crippen molar-refractivity contribution in [2.24, 2.45) is 5.73 Å². The second-order valence-electron chi connectivity index (χ2n) is 6.09. The predicted molar refractivity (Wildman–Crippen MR) is 84.0 cm³/mol. The maximum atomic E-state index is 12.3. The molecule has 3 amide bonds. The van der Waals surface area contributed by atoms with Crippen molar-refractivity contribution >= 4 is 17.7 Å². The molecule has 0 aliphatic carbocycles. The predicted octanol–water partition coefficient (Wildman–Crippen LogP) is 0.372. The van der Waals surface area contributed by atoms with Gasteiger partial charge in [0.25, 0.3) is 0 Å². The number of carbonyl (C=O) groups is 3. The topological polar surface area (TPSA) is 92.9 Å². The highest BCUT2D eigenvalue weighted by molar-refractivity contribution is 5.89. The van der Waals surface area contributed by atoms with Gasteiger partial charge in [0.2, 0.25) is 17.7 Å². The molecule has 0 fully saturated rings. The third kappa shape index (κ3) is 6.43. The molecule has 0 rings (SSSR count). The number of primary amides is 1. The summed E-state index contributed by atoms with van der Waals surface area (Å²) >= 11 is 0. The lowest BCUT2D eigenvalue weighted by Gasteiger charge is -2.33. The first-order valence-corrected chi connectivity index (χ1v) is 7.39. The Hall–Kier alpha value is -1.63. The van der Waals surface area contributed by atoms with E-state index in [-0.39, 0.29) is 24.8 Å². The van der Waals surface area contributed by atoms with Gasteiger partial charge in [-0.3, -0.25) is 14.4 Å². The maximum Gasteiger partial charge on any atom is 0.242 e. The fourth-order valence-corrected chi connectivity index (χ4v) is 1.96. The highest BCUT2D eigenvalue weighted by Crippen LogP contribution is 2.18. The van der Waals surface area contributed by atoms with Crippen molar-refractivity contribution in [3.8, 4) is 0 Å². The first-order chi connectivity index (χ1) is 10.1. The molecule has 7 heteroatoms. The van der Waals surface area contributed by atoms with Crippen LogP contribution in [0.5, 0.6) is 0 Å². The number of nitrogens with two attached hydrogens (primary N) is 1. The van der Waals surface area contributed by atoms with Crippen molar-refractivity contribution in [3.63, 3.8) is 0 Å². The summed E-state index contributed by atoms with van der Waals surface area (Å²) in [6.45, 7) is 5.46. The zero-order chi connectivity index (χ0) is 17.5. The molecule has 0 aromatic heterocycles. The molecule has 1 atom stereocenters. The van der Waals surface area contributed by atoms with Gasteiger partial charge < -0.3 is 20.3 Å². The minimum atomic E-state index is -0.780. The van der Waals surface area contributed by atoms with Crippen LogP contribution in [-0.4, -0.2) is 66.9 Å². The number of ether oxygens (including phenoxy) is 1. The van der Waals surface area contributed by atoms with Gasteiger partial charge in [-0.15, -0.1) is 0 Å². The van der Waals surface area contributed by atoms with Gasteiger partial charge in [0.05, 0.1) is 12.1 Å². The van der Waals surface area contributed by atoms with Crippen LogP contribution in [0.2, 0.25) is 0 Å². The third-order valence-corrected chi connectivity index (χ3v) is 3.69. The molecule has 2 N–H and O–H groups in total. The van der Waals surface area contributed by atoms with Crippen LogP contribution in [0.4, 0.5) is 0 Å². The Balaban J connectivity index is 4.87. The number of hydrogen-bond acceptors (Lipinski definition) is 4. The summed E-state index contributed by atoms with van der Waals surface area (Å²) in [7, 11) is 4.63. The zero-order valence-electron chi connectivity index (χ0n) is 14.5. The number of methoxy groups -OCH3 is 1. The normalized spacial score (nSPS) is 12.6. The maximum absolute atomic E-state index is 12.3. The molecule has 0 bridgehead atoms. The van der Waals surface area contributed by atoms with Gasteiger partial charge in [-0.05, 0) is 20.3 Å². The molecule has 0 aromatic carbocycles. The molecular formula is C15H29N3O4. The first-order valence-electron chi connectivity index (χ1n) is 7.39. The fourth-order valence-electron chi connectivity index (χ4n) is 1.96. The number of amides is 3. The van der Waals surface area contributed by atoms with Gasteiger partial charge in [-0.1, -0.05) is 6.92 Å². The van der Waals surface area contributed by atoms with Crippen molar-refractivity contribution in [1.82, 2.24) is 9.80 Å². The lowest BCUT2D eigenvalue weighted by molar-refractivity contribution is -0.144. The minimum absolute atomic E-state index is 0.0769. The van der Waals surface area contributed by atoms with Crippen molar-refractivity contribution in [2.45, 2.75) is 51.7 Å². The van der Waals surface area contributed by atoms with E-state index in [1.54, 1.807) is 7.05 Å². The fraction of sp³-hybridized carbons (Fsp3) is 0.800. The second-order valence-corrected chi connectivity index (χ2v) is 6.09. The molecule has 22 heavy (non-hydrogen) atoms. The van der Waals surface area contributed by atoms with E-state index in [1.807, 2.05) is 20.8 Å². The van der Waals surface area contributed by atoms with Gasteiger partial charge in [-0.2, -0.15) is 0 Å². The Bertz CT molecular complexity index is 410. The van der Waals surface area contributed by atoms with Crippen LogP contribution in [-0.2, 0) is 19.1 Å². The van der Waals surface area contributed by atoms with Crippen molar-refractivity contribution in [3.05, 3.63) is 0 Å². The van der Waals surface area contributed by atoms with Gasteiger partial charge >= 0.3 is 0 Å². The van der Waals surface area contributed by atoms with Gasteiger partial charge in [0.1, 0.15) is 6.04 Å². The molecule has 7 nitrogen and oxygen atoms in total. The average molecular weight is 315 g/mol. The van der Waals surface area contributed by atoms with Crippen LogP contribution in [0.25, 0.3) is 0 Å². The number of likely N-dealkylation sites (N-methyl/N-ethyl adjacent to an activating group) is 2. The van der Waals surface area contributed by atoms with E-state index < -0.39 is 17.6 Å². The standard InChI is InChI=1S/C15H29N3O4/c1-7-8-12(19)17(4)10-13(20)18(5)11(14(16)21)9-15(2,3)22-6/h11H,7-10H2,1-6H3,(H2,16,21)/t11-/m0/s1. The molecule has 0 aliphatic rings. The minimum Gasteiger partial charge on any atom is -0.379 e. The van der Waals surface area contributed by atoms with E-state index in [2.05, 4.69) is 0 Å². The van der Waals surface area contributed by atoms with Crippen LogP contribution in [0.1, 0.15) is 40.0 Å². The molecular weight excluding hydrogens is 286 g/mol. The Morgan fingerprint density at radius 2 is 1.73 bits per heavy atom. The van der Waals surface area contributed by atoms with E-state index in [1.165, 1.54) is 24.0 Å². The number of carbonyl (C=O) groups excluding carboxylic acids is 3. The Labute approximate surface area is 132 Å². The molecule has 0 aliphatic heterocycles. The van der Waals surface area contributed by atoms with Crippen LogP contribution in [0.3, 0.4) is 0 Å². The van der Waals surface area contributed by atoms with Gasteiger partial charge in [0.15, 0.2) is 0 Å². The molecule has 0 saturated carbocycles. The van der Waals surface area contributed by atoms with Crippen LogP contribution >= 0.6 is 0 Å². The van der Waals surface area contributed by atoms with Gasteiger partial charge in [0, 0.05) is 34.0 Å². The molecule has 0 aromatic rings. The van der Waals surface area contributed by atoms with Crippen LogP contribution in [0, 0.1) is 0 Å². The highest BCUT2D eigenvalue weighted by Gasteiger charge is 2.32. The SMILES string of the molecule is CCCC(=O)N(C)CC(=O)N(C)[C@@H](CC(C)(C)OC)C(N)=O. The van der Waals surface area contributed by atoms with E-state index >= 15 is 0 Å². The monoisotopic (exact) mass is 315 g/mol. The quantitative estimate of drug-likeness (QED) is 0.665. The van der Waals surface area contributed by atoms with Crippen LogP contribution < -0.4 is 5.73 Å². The number of rotatable bonds is 9. The smallest absolute Gasteiger partial charge is 0.242 e. The Morgan fingerprint density at radius 3 is 2.14 bits per heavy atom. The number of hydrogen-bond donors (Lipinski definition) is 1. The second kappa shape index (κ2) is 8.73. The third-order valence-electron chi connectivity index (χ3n) is 3.69. The van der Waals surface area contributed by atoms with Crippen LogP contribution in [0.15, 0.2) is 0 Å². The Kier molecular flexibility index (Phi) is 8.08. The first kappa shape index (κ1) is 20.4. The molecule has 0 unspecified atom stereocenters. The summed E-state index contributed by atoms with van der Waals surface area (Å²) in [5.74, 6) is -1.02. The summed E-state index contributed by atoms with van der Waals surface area (Å²) < 4.78 is 5.29. The summed E-state index contributed by atoms with van der Waals surface area (Å²) in [6, 6.07) is -0.780. The molecule has 0 heterocycles. The van der Waals surface area contributed by atoms with E-state index in [4.69, 9.17) is 10.5 Å². The molecule has 0 saturated heterocycles. The Morgan fingerprint density at radius 1 is 1.18 bits per heavy atom. The van der Waals surface area contributed by atoms with E-state index in [9.17, 15) is 14.4 Å². The van der Waals surface area contributed by atoms with E-state index in [0.29, 0.717) is 6.42 Å². The van der Waals surface area contributed by atoms with E-state index in [0.717, 1.165) is 6.42 Å². The lowest BCUT2D eigenvalue weighted by Crippen LogP contribution is -2.51. The molecule has 0 spiro atoms. The van der Waals surface area contributed by atoms with Crippen molar-refractivity contribution in [1.29, 1.82) is 0 Å². The highest BCUT2D eigenvalue weighted by atomic mass is 16.5. The molecule has 128 valence electrons. The number of nitrogens with zero attached hydrogens (tertiary/aromatic N) is 2. The van der Waals surface area contributed by atoms with Crippen molar-refractivity contribution in [2.75, 3.05) is 27.7 Å². The van der Waals surface area contributed by atoms with Crippen molar-refractivity contribution < 1.29 is 19.1 Å². The lowest BCUT2D eigenvalue weighted by atomic mass is 9.97. The summed E-state index contributed by atoms with van der Waals surface area (Å²) in [6.07, 6.45) is 1.40.